The largest absolute Gasteiger partial charge is 0.693 e. The first kappa shape index (κ1) is 81.7. The van der Waals surface area contributed by atoms with Crippen LogP contribution in [0.15, 0.2) is 10.7 Å². The number of hydrogen-bond acceptors (Lipinski definition) is 6. The van der Waals surface area contributed by atoms with Crippen LogP contribution in [0, 0.1) is 20.2 Å². The molecule has 0 aliphatic rings. The van der Waals surface area contributed by atoms with Crippen molar-refractivity contribution in [1.29, 1.82) is 0 Å². The third-order valence-corrected chi connectivity index (χ3v) is 0. The van der Waals surface area contributed by atoms with Gasteiger partial charge >= 0.3 is 0 Å². The van der Waals surface area contributed by atoms with Crippen LogP contribution in [0.3, 0.4) is 0 Å². The standard InChI is InChI=1S/2HNO2.4H2N.Pd/c2*2-1-3;;;;;/h2*(H,2,3);4*1H2;/q;;4*-1;/p-2. The van der Waals surface area contributed by atoms with Crippen molar-refractivity contribution < 1.29 is 20.4 Å². The summed E-state index contributed by atoms with van der Waals surface area (Å²) in [5.74, 6) is 0. The van der Waals surface area contributed by atoms with Gasteiger partial charge in [-0.15, -0.1) is 10.7 Å². The fourth-order valence-corrected chi connectivity index (χ4v) is 0. The molecule has 0 unspecified atom stereocenters. The van der Waals surface area contributed by atoms with Crippen molar-refractivity contribution in [2.75, 3.05) is 0 Å². The molecule has 0 aliphatic carbocycles. The smallest absolute Gasteiger partial charge is 0 e. The molecule has 0 fully saturated rings. The predicted octanol–water partition coefficient (Wildman–Crippen LogP) is 3.37. The Labute approximate surface area is 76.6 Å². The van der Waals surface area contributed by atoms with Gasteiger partial charge in [-0.3, -0.25) is 0 Å². The molecule has 0 aliphatic heterocycles. The zero-order valence-electron chi connectivity index (χ0n) is 5.15. The maximum absolute atomic E-state index is 8.00. The summed E-state index contributed by atoms with van der Waals surface area (Å²) in [5.41, 5.74) is 0. The third kappa shape index (κ3) is 1020. The fourth-order valence-electron chi connectivity index (χ4n) is 0. The van der Waals surface area contributed by atoms with Gasteiger partial charge in [-0.05, 0) is 0 Å². The van der Waals surface area contributed by atoms with E-state index < -0.39 is 0 Å². The van der Waals surface area contributed by atoms with E-state index in [9.17, 15) is 0 Å². The number of hydrogen-bond donors (Lipinski definition) is 0. The molecule has 0 rings (SSSR count). The Morgan fingerprint density at radius 3 is 0.727 bits per heavy atom. The molecule has 0 spiro atoms. The van der Waals surface area contributed by atoms with E-state index in [1.165, 1.54) is 0 Å². The molecular formula is H8N6O4Pd-6. The van der Waals surface area contributed by atoms with E-state index in [4.69, 9.17) is 20.2 Å². The zero-order valence-corrected chi connectivity index (χ0v) is 6.71. The molecule has 11 heteroatoms. The van der Waals surface area contributed by atoms with Crippen molar-refractivity contribution in [2.45, 2.75) is 0 Å². The summed E-state index contributed by atoms with van der Waals surface area (Å²) < 4.78 is 0. The Morgan fingerprint density at radius 1 is 0.727 bits per heavy atom. The molecular weight excluding hydrogens is 254 g/mol. The maximum atomic E-state index is 8.00. The molecule has 0 bridgehead atoms. The molecule has 0 radical (unpaired) electrons. The average molecular weight is 263 g/mol. The predicted molar refractivity (Wildman–Crippen MR) is 39.5 cm³/mol. The van der Waals surface area contributed by atoms with Gasteiger partial charge in [-0.1, -0.05) is 0 Å². The zero-order chi connectivity index (χ0) is 5.41. The summed E-state index contributed by atoms with van der Waals surface area (Å²) in [6.07, 6.45) is 0. The molecule has 0 aromatic heterocycles. The summed E-state index contributed by atoms with van der Waals surface area (Å²) in [7, 11) is 0. The molecule has 0 saturated heterocycles. The van der Waals surface area contributed by atoms with Crippen LogP contribution < -0.4 is 0 Å². The molecule has 8 N–H and O–H groups in total. The second kappa shape index (κ2) is 378. The number of rotatable bonds is 0. The van der Waals surface area contributed by atoms with Gasteiger partial charge in [0.15, 0.2) is 0 Å². The molecule has 0 aromatic rings. The van der Waals surface area contributed by atoms with Crippen molar-refractivity contribution in [3.63, 3.8) is 0 Å². The van der Waals surface area contributed by atoms with Crippen LogP contribution in [0.5, 0.6) is 0 Å². The minimum atomic E-state index is 0. The van der Waals surface area contributed by atoms with E-state index in [2.05, 4.69) is 0 Å². The van der Waals surface area contributed by atoms with E-state index in [-0.39, 0.29) is 45.0 Å². The van der Waals surface area contributed by atoms with Crippen LogP contribution in [-0.4, -0.2) is 0 Å². The van der Waals surface area contributed by atoms with Gasteiger partial charge in [0.2, 0.25) is 0 Å². The minimum absolute atomic E-state index is 0. The van der Waals surface area contributed by atoms with E-state index in [0.29, 0.717) is 0 Å². The first-order valence-electron chi connectivity index (χ1n) is 0.730. The molecule has 11 heavy (non-hydrogen) atoms. The Bertz CT molecular complexity index is 35.6. The molecule has 10 nitrogen and oxygen atoms in total. The van der Waals surface area contributed by atoms with Gasteiger partial charge < -0.3 is 44.8 Å². The van der Waals surface area contributed by atoms with Crippen molar-refractivity contribution in [3.05, 3.63) is 44.8 Å². The van der Waals surface area contributed by atoms with E-state index in [1.54, 1.807) is 0 Å². The molecule has 0 atom stereocenters. The fraction of sp³-hybridized carbons (Fsp3) is 0. The third-order valence-electron chi connectivity index (χ3n) is 0. The van der Waals surface area contributed by atoms with E-state index in [0.717, 1.165) is 10.7 Å². The monoisotopic (exact) mass is 262 g/mol. The average Bonchev–Trinajstić information content (AvgIpc) is 1.39. The first-order chi connectivity index (χ1) is 2.83. The first-order valence-corrected chi connectivity index (χ1v) is 0.730. The molecule has 0 heterocycles. The molecule has 78 valence electrons. The van der Waals surface area contributed by atoms with Crippen LogP contribution >= 0.6 is 0 Å². The minimum Gasteiger partial charge on any atom is -0.693 e. The van der Waals surface area contributed by atoms with E-state index in [1.807, 2.05) is 0 Å². The normalized spacial score (nSPS) is 2.18. The summed E-state index contributed by atoms with van der Waals surface area (Å²) in [6, 6.07) is 0. The van der Waals surface area contributed by atoms with E-state index >= 15 is 0 Å². The van der Waals surface area contributed by atoms with Crippen LogP contribution in [0.1, 0.15) is 0 Å². The molecule has 0 amide bonds. The Balaban J connectivity index is -0.00000000400. The number of nitrogens with two attached hydrogens (primary N) is 4. The van der Waals surface area contributed by atoms with Gasteiger partial charge in [-0.25, -0.2) is 0 Å². The van der Waals surface area contributed by atoms with Gasteiger partial charge in [0.1, 0.15) is 0 Å². The van der Waals surface area contributed by atoms with Gasteiger partial charge in [-0.2, -0.15) is 0 Å². The van der Waals surface area contributed by atoms with Crippen LogP contribution in [0.25, 0.3) is 24.6 Å². The van der Waals surface area contributed by atoms with Gasteiger partial charge in [0, 0.05) is 20.4 Å². The van der Waals surface area contributed by atoms with Crippen LogP contribution in [0.4, 0.5) is 0 Å². The van der Waals surface area contributed by atoms with Crippen LogP contribution in [0.2, 0.25) is 0 Å². The maximum Gasteiger partial charge on any atom is 0 e. The summed E-state index contributed by atoms with van der Waals surface area (Å²) >= 11 is 0. The Hall–Kier alpha value is -0.698. The van der Waals surface area contributed by atoms with Crippen molar-refractivity contribution in [2.24, 2.45) is 10.7 Å². The van der Waals surface area contributed by atoms with Crippen molar-refractivity contribution in [3.8, 4) is 0 Å². The number of nitrogens with zero attached hydrogens (tertiary/aromatic N) is 2. The van der Waals surface area contributed by atoms with Crippen LogP contribution in [-0.2, 0) is 20.4 Å². The topological polar surface area (TPSA) is 239 Å². The summed E-state index contributed by atoms with van der Waals surface area (Å²) in [5, 5.41) is 18.0. The Morgan fingerprint density at radius 2 is 0.727 bits per heavy atom. The SMILES string of the molecule is O=N[O-].O=N[O-].[NH2-].[NH2-].[NH2-].[NH2-].[Pd]. The summed E-state index contributed by atoms with van der Waals surface area (Å²) in [4.78, 5) is 16.0. The molecule has 0 saturated carbocycles. The Kier molecular flexibility index (Phi) is 2810. The molecule has 0 aromatic carbocycles. The van der Waals surface area contributed by atoms with Crippen molar-refractivity contribution >= 4 is 0 Å². The van der Waals surface area contributed by atoms with Gasteiger partial charge in [0.05, 0.1) is 0 Å². The second-order valence-corrected chi connectivity index (χ2v) is 0.149. The second-order valence-electron chi connectivity index (χ2n) is 0.149. The summed E-state index contributed by atoms with van der Waals surface area (Å²) in [6.45, 7) is 0. The van der Waals surface area contributed by atoms with Crippen molar-refractivity contribution in [1.82, 2.24) is 0 Å². The van der Waals surface area contributed by atoms with Gasteiger partial charge in [0.25, 0.3) is 0 Å². The quantitative estimate of drug-likeness (QED) is 0.361.